The molecule has 1 aromatic heterocycles. The van der Waals surface area contributed by atoms with Gasteiger partial charge in [0.25, 0.3) is 0 Å². The van der Waals surface area contributed by atoms with E-state index in [9.17, 15) is 0 Å². The molecule has 1 aliphatic heterocycles. The van der Waals surface area contributed by atoms with Crippen LogP contribution in [0.1, 0.15) is 17.5 Å². The van der Waals surface area contributed by atoms with Crippen LogP contribution in [0.3, 0.4) is 0 Å². The number of hydrogen-bond acceptors (Lipinski definition) is 5. The van der Waals surface area contributed by atoms with E-state index >= 15 is 0 Å². The summed E-state index contributed by atoms with van der Waals surface area (Å²) in [6.45, 7) is 6.78. The Morgan fingerprint density at radius 2 is 1.74 bits per heavy atom. The monoisotopic (exact) mass is 450 g/mol. The van der Waals surface area contributed by atoms with E-state index in [1.807, 2.05) is 0 Å². The molecule has 2 heterocycles. The second-order valence-corrected chi connectivity index (χ2v) is 9.11. The maximum absolute atomic E-state index is 5.77. The van der Waals surface area contributed by atoms with Gasteiger partial charge in [0.2, 0.25) is 0 Å². The Balaban J connectivity index is 1.31. The molecule has 4 aromatic rings. The fourth-order valence-corrected chi connectivity index (χ4v) is 4.45. The molecule has 5 heteroatoms. The molecule has 0 fully saturated rings. The van der Waals surface area contributed by atoms with Crippen LogP contribution >= 0.6 is 0 Å². The Morgan fingerprint density at radius 3 is 2.50 bits per heavy atom. The van der Waals surface area contributed by atoms with Gasteiger partial charge in [0.1, 0.15) is 0 Å². The second-order valence-electron chi connectivity index (χ2n) is 9.11. The van der Waals surface area contributed by atoms with E-state index in [4.69, 9.17) is 4.74 Å². The molecule has 5 nitrogen and oxygen atoms in total. The maximum Gasteiger partial charge on any atom is 0.159 e. The van der Waals surface area contributed by atoms with Crippen molar-refractivity contribution >= 4 is 16.5 Å². The zero-order chi connectivity index (χ0) is 23.5. The number of allylic oxidation sites excluding steroid dienone is 1. The smallest absolute Gasteiger partial charge is 0.159 e. The van der Waals surface area contributed by atoms with Crippen LogP contribution in [0.15, 0.2) is 85.3 Å². The average molecular weight is 451 g/mol. The van der Waals surface area contributed by atoms with Crippen molar-refractivity contribution in [3.63, 3.8) is 0 Å². The summed E-state index contributed by atoms with van der Waals surface area (Å²) in [7, 11) is 4.12. The van der Waals surface area contributed by atoms with E-state index in [2.05, 4.69) is 101 Å². The molecule has 0 amide bonds. The second kappa shape index (κ2) is 9.65. The van der Waals surface area contributed by atoms with Crippen LogP contribution in [0, 0.1) is 0 Å². The van der Waals surface area contributed by atoms with Crippen LogP contribution < -0.4 is 9.64 Å². The number of anilines is 1. The van der Waals surface area contributed by atoms with E-state index in [0.29, 0.717) is 18.2 Å². The average Bonchev–Trinajstić information content (AvgIpc) is 3.14. The third-order valence-electron chi connectivity index (χ3n) is 6.19. The van der Waals surface area contributed by atoms with Crippen molar-refractivity contribution in [2.45, 2.75) is 19.4 Å². The highest BCUT2D eigenvalue weighted by Crippen LogP contribution is 2.38. The van der Waals surface area contributed by atoms with E-state index in [-0.39, 0.29) is 0 Å². The van der Waals surface area contributed by atoms with Gasteiger partial charge in [-0.1, -0.05) is 49.0 Å². The molecule has 0 spiro atoms. The Kier molecular flexibility index (Phi) is 6.28. The molecule has 3 aromatic carbocycles. The minimum atomic E-state index is 0.660. The van der Waals surface area contributed by atoms with Crippen LogP contribution in [0.5, 0.6) is 5.75 Å². The molecule has 0 saturated heterocycles. The lowest BCUT2D eigenvalue weighted by molar-refractivity contribution is 0.280. The van der Waals surface area contributed by atoms with Crippen molar-refractivity contribution in [1.82, 2.24) is 14.9 Å². The summed E-state index contributed by atoms with van der Waals surface area (Å²) in [6.07, 6.45) is 5.37. The molecule has 0 radical (unpaired) electrons. The van der Waals surface area contributed by atoms with Crippen LogP contribution in [-0.2, 0) is 13.0 Å². The van der Waals surface area contributed by atoms with Crippen molar-refractivity contribution in [1.29, 1.82) is 0 Å². The van der Waals surface area contributed by atoms with Gasteiger partial charge in [-0.05, 0) is 60.6 Å². The number of ether oxygens (including phenoxy) is 1. The Hall–Kier alpha value is -3.70. The molecule has 0 unspecified atom stereocenters. The van der Waals surface area contributed by atoms with Gasteiger partial charge in [0, 0.05) is 36.5 Å². The first kappa shape index (κ1) is 22.1. The first-order chi connectivity index (χ1) is 16.6. The van der Waals surface area contributed by atoms with Crippen molar-refractivity contribution < 1.29 is 4.74 Å². The van der Waals surface area contributed by atoms with Gasteiger partial charge in [-0.3, -0.25) is 0 Å². The Labute approximate surface area is 201 Å². The summed E-state index contributed by atoms with van der Waals surface area (Å²) in [5, 5.41) is 2.53. The molecule has 1 aliphatic rings. The molecule has 34 heavy (non-hydrogen) atoms. The van der Waals surface area contributed by atoms with Crippen molar-refractivity contribution in [2.24, 2.45) is 0 Å². The lowest BCUT2D eigenvalue weighted by atomic mass is 10.0. The fourth-order valence-electron chi connectivity index (χ4n) is 4.45. The lowest BCUT2D eigenvalue weighted by Gasteiger charge is -2.21. The van der Waals surface area contributed by atoms with Gasteiger partial charge in [-0.2, -0.15) is 0 Å². The van der Waals surface area contributed by atoms with Crippen LogP contribution in [-0.4, -0.2) is 42.1 Å². The zero-order valence-electron chi connectivity index (χ0n) is 19.9. The highest BCUT2D eigenvalue weighted by atomic mass is 16.5. The van der Waals surface area contributed by atoms with Gasteiger partial charge >= 0.3 is 0 Å². The number of hydrogen-bond donors (Lipinski definition) is 0. The molecule has 0 bridgehead atoms. The van der Waals surface area contributed by atoms with Gasteiger partial charge in [0.05, 0.1) is 19.0 Å². The molecular formula is C29H30N4O. The lowest BCUT2D eigenvalue weighted by Crippen LogP contribution is -2.17. The third-order valence-corrected chi connectivity index (χ3v) is 6.19. The van der Waals surface area contributed by atoms with Crippen LogP contribution in [0.4, 0.5) is 5.69 Å². The minimum absolute atomic E-state index is 0.660. The van der Waals surface area contributed by atoms with Gasteiger partial charge in [-0.15, -0.1) is 0 Å². The van der Waals surface area contributed by atoms with E-state index < -0.39 is 0 Å². The molecule has 0 aliphatic carbocycles. The topological polar surface area (TPSA) is 41.5 Å². The standard InChI is InChI=1S/C29H30N4O/c1-21-14-26-16-23-9-4-5-10-24(23)17-28(26)33(21)20-22-8-6-11-25(15-22)29-30-18-27(19-31-29)34-13-7-12-32(2)3/h4-6,8-11,15-19H,1,7,12-14,20H2,2-3H3. The Morgan fingerprint density at radius 1 is 0.971 bits per heavy atom. The van der Waals surface area contributed by atoms with Gasteiger partial charge < -0.3 is 14.5 Å². The van der Waals surface area contributed by atoms with Crippen LogP contribution in [0.2, 0.25) is 0 Å². The highest BCUT2D eigenvalue weighted by Gasteiger charge is 2.23. The normalized spacial score (nSPS) is 13.0. The van der Waals surface area contributed by atoms with E-state index in [1.54, 1.807) is 12.4 Å². The summed E-state index contributed by atoms with van der Waals surface area (Å²) in [5.41, 5.74) is 5.92. The highest BCUT2D eigenvalue weighted by molar-refractivity contribution is 5.89. The van der Waals surface area contributed by atoms with E-state index in [0.717, 1.165) is 37.2 Å². The Bertz CT molecular complexity index is 1310. The maximum atomic E-state index is 5.77. The largest absolute Gasteiger partial charge is 0.490 e. The molecule has 0 atom stereocenters. The first-order valence-electron chi connectivity index (χ1n) is 11.7. The quantitative estimate of drug-likeness (QED) is 0.322. The molecule has 0 saturated carbocycles. The van der Waals surface area contributed by atoms with Gasteiger partial charge in [0.15, 0.2) is 11.6 Å². The third kappa shape index (κ3) is 4.80. The molecule has 0 N–H and O–H groups in total. The number of aromatic nitrogens is 2. The molecule has 5 rings (SSSR count). The zero-order valence-corrected chi connectivity index (χ0v) is 19.9. The minimum Gasteiger partial charge on any atom is -0.490 e. The van der Waals surface area contributed by atoms with Gasteiger partial charge in [-0.25, -0.2) is 9.97 Å². The number of fused-ring (bicyclic) bond motifs is 2. The fraction of sp³-hybridized carbons (Fsp3) is 0.241. The summed E-state index contributed by atoms with van der Waals surface area (Å²) in [6, 6.07) is 21.5. The predicted molar refractivity (Wildman–Crippen MR) is 139 cm³/mol. The van der Waals surface area contributed by atoms with Crippen LogP contribution in [0.25, 0.3) is 22.2 Å². The summed E-state index contributed by atoms with van der Waals surface area (Å²) in [4.78, 5) is 13.6. The summed E-state index contributed by atoms with van der Waals surface area (Å²) < 4.78 is 5.77. The van der Waals surface area contributed by atoms with Crippen molar-refractivity contribution in [3.8, 4) is 17.1 Å². The molecule has 172 valence electrons. The number of nitrogens with zero attached hydrogens (tertiary/aromatic N) is 4. The summed E-state index contributed by atoms with van der Waals surface area (Å²) in [5.74, 6) is 1.41. The molecular weight excluding hydrogens is 420 g/mol. The van der Waals surface area contributed by atoms with Crippen molar-refractivity contribution in [3.05, 3.63) is 96.5 Å². The number of benzene rings is 3. The number of rotatable bonds is 8. The first-order valence-corrected chi connectivity index (χ1v) is 11.7. The summed E-state index contributed by atoms with van der Waals surface area (Å²) >= 11 is 0. The predicted octanol–water partition coefficient (Wildman–Crippen LogP) is 5.70. The SMILES string of the molecule is C=C1Cc2cc3ccccc3cc2N1Cc1cccc(-c2ncc(OCCCN(C)C)cn2)c1. The van der Waals surface area contributed by atoms with Crippen molar-refractivity contribution in [2.75, 3.05) is 32.1 Å². The van der Waals surface area contributed by atoms with E-state index in [1.165, 1.54) is 27.6 Å².